The molecule has 2 rings (SSSR count). The van der Waals surface area contributed by atoms with Gasteiger partial charge in [0.15, 0.2) is 6.29 Å². The first kappa shape index (κ1) is 13.2. The van der Waals surface area contributed by atoms with Crippen LogP contribution in [0.3, 0.4) is 0 Å². The second-order valence-corrected chi connectivity index (χ2v) is 4.77. The van der Waals surface area contributed by atoms with Crippen molar-refractivity contribution in [3.63, 3.8) is 0 Å². The quantitative estimate of drug-likeness (QED) is 0.688. The SMILES string of the molecule is COC1(C)CC=C(C=O)N=C1N1CCCOCC1. The molecule has 1 unspecified atom stereocenters. The van der Waals surface area contributed by atoms with Crippen LogP contribution < -0.4 is 0 Å². The van der Waals surface area contributed by atoms with E-state index in [4.69, 9.17) is 9.47 Å². The zero-order chi connectivity index (χ0) is 13.0. The predicted octanol–water partition coefficient (Wildman–Crippen LogP) is 0.999. The standard InChI is InChI=1S/C13H20N2O3/c1-13(17-2)5-4-11(10-16)14-12(13)15-6-3-8-18-9-7-15/h4,10H,3,5-9H2,1-2H3. The van der Waals surface area contributed by atoms with Crippen molar-refractivity contribution in [2.45, 2.75) is 25.4 Å². The first-order valence-electron chi connectivity index (χ1n) is 6.32. The van der Waals surface area contributed by atoms with E-state index >= 15 is 0 Å². The summed E-state index contributed by atoms with van der Waals surface area (Å²) in [4.78, 5) is 17.5. The van der Waals surface area contributed by atoms with Gasteiger partial charge in [0.2, 0.25) is 0 Å². The first-order valence-corrected chi connectivity index (χ1v) is 6.32. The molecule has 0 aliphatic carbocycles. The third kappa shape index (κ3) is 2.62. The van der Waals surface area contributed by atoms with Crippen LogP contribution in [0.1, 0.15) is 19.8 Å². The third-order valence-electron chi connectivity index (χ3n) is 3.50. The minimum atomic E-state index is -0.448. The number of ether oxygens (including phenoxy) is 2. The molecule has 0 amide bonds. The molecule has 1 saturated heterocycles. The average molecular weight is 252 g/mol. The van der Waals surface area contributed by atoms with Crippen molar-refractivity contribution < 1.29 is 14.3 Å². The molecule has 1 atom stereocenters. The molecule has 5 nitrogen and oxygen atoms in total. The van der Waals surface area contributed by atoms with Crippen LogP contribution in [-0.2, 0) is 14.3 Å². The lowest BCUT2D eigenvalue weighted by Crippen LogP contribution is -2.50. The maximum Gasteiger partial charge on any atom is 0.168 e. The first-order chi connectivity index (χ1) is 8.69. The maximum atomic E-state index is 10.9. The number of hydrogen-bond acceptors (Lipinski definition) is 5. The summed E-state index contributed by atoms with van der Waals surface area (Å²) in [6.45, 7) is 5.17. The molecular weight excluding hydrogens is 232 g/mol. The molecule has 18 heavy (non-hydrogen) atoms. The number of hydrogen-bond donors (Lipinski definition) is 0. The molecule has 0 N–H and O–H groups in total. The van der Waals surface area contributed by atoms with Crippen LogP contribution in [0.25, 0.3) is 0 Å². The summed E-state index contributed by atoms with van der Waals surface area (Å²) >= 11 is 0. The van der Waals surface area contributed by atoms with Gasteiger partial charge >= 0.3 is 0 Å². The summed E-state index contributed by atoms with van der Waals surface area (Å²) < 4.78 is 11.1. The molecule has 100 valence electrons. The number of carbonyl (C=O) groups excluding carboxylic acids is 1. The third-order valence-corrected chi connectivity index (χ3v) is 3.50. The molecule has 0 radical (unpaired) electrons. The summed E-state index contributed by atoms with van der Waals surface area (Å²) in [6.07, 6.45) is 4.27. The zero-order valence-electron chi connectivity index (χ0n) is 11.0. The normalized spacial score (nSPS) is 29.3. The van der Waals surface area contributed by atoms with E-state index in [2.05, 4.69) is 9.89 Å². The van der Waals surface area contributed by atoms with Crippen LogP contribution in [0.2, 0.25) is 0 Å². The van der Waals surface area contributed by atoms with E-state index in [9.17, 15) is 4.79 Å². The molecule has 5 heteroatoms. The topological polar surface area (TPSA) is 51.1 Å². The van der Waals surface area contributed by atoms with Gasteiger partial charge in [-0.15, -0.1) is 0 Å². The number of amidine groups is 1. The van der Waals surface area contributed by atoms with Crippen molar-refractivity contribution in [3.05, 3.63) is 11.8 Å². The highest BCUT2D eigenvalue weighted by molar-refractivity contribution is 5.95. The zero-order valence-corrected chi connectivity index (χ0v) is 11.0. The Bertz CT molecular complexity index is 370. The van der Waals surface area contributed by atoms with Gasteiger partial charge in [-0.1, -0.05) is 6.08 Å². The number of allylic oxidation sites excluding steroid dienone is 1. The molecule has 1 fully saturated rings. The minimum Gasteiger partial charge on any atom is -0.380 e. The van der Waals surface area contributed by atoms with Crippen molar-refractivity contribution >= 4 is 12.1 Å². The second kappa shape index (κ2) is 5.63. The van der Waals surface area contributed by atoms with Gasteiger partial charge in [0.25, 0.3) is 0 Å². The van der Waals surface area contributed by atoms with Crippen LogP contribution in [0.15, 0.2) is 16.8 Å². The highest BCUT2D eigenvalue weighted by Gasteiger charge is 2.36. The summed E-state index contributed by atoms with van der Waals surface area (Å²) in [5.41, 5.74) is 0.0429. The van der Waals surface area contributed by atoms with Gasteiger partial charge in [0.1, 0.15) is 17.1 Å². The lowest BCUT2D eigenvalue weighted by atomic mass is 9.96. The van der Waals surface area contributed by atoms with E-state index in [0.717, 1.165) is 38.2 Å². The average Bonchev–Trinajstić information content (AvgIpc) is 2.68. The van der Waals surface area contributed by atoms with Crippen LogP contribution in [0.5, 0.6) is 0 Å². The molecule has 2 aliphatic rings. The molecule has 0 saturated carbocycles. The predicted molar refractivity (Wildman–Crippen MR) is 68.6 cm³/mol. The molecule has 0 bridgehead atoms. The molecule has 0 aromatic carbocycles. The highest BCUT2D eigenvalue weighted by atomic mass is 16.5. The molecule has 2 heterocycles. The summed E-state index contributed by atoms with van der Waals surface area (Å²) in [5, 5.41) is 0. The van der Waals surface area contributed by atoms with Gasteiger partial charge in [0, 0.05) is 33.2 Å². The summed E-state index contributed by atoms with van der Waals surface area (Å²) in [6, 6.07) is 0. The van der Waals surface area contributed by atoms with Crippen LogP contribution in [-0.4, -0.2) is 56.0 Å². The number of rotatable bonds is 2. The summed E-state index contributed by atoms with van der Waals surface area (Å²) in [5.74, 6) is 0.847. The highest BCUT2D eigenvalue weighted by Crippen LogP contribution is 2.26. The van der Waals surface area contributed by atoms with E-state index in [0.29, 0.717) is 18.7 Å². The fourth-order valence-corrected chi connectivity index (χ4v) is 2.29. The summed E-state index contributed by atoms with van der Waals surface area (Å²) in [7, 11) is 1.68. The van der Waals surface area contributed by atoms with Crippen molar-refractivity contribution in [1.29, 1.82) is 0 Å². The van der Waals surface area contributed by atoms with Gasteiger partial charge in [-0.2, -0.15) is 0 Å². The fourth-order valence-electron chi connectivity index (χ4n) is 2.29. The number of methoxy groups -OCH3 is 1. The minimum absolute atomic E-state index is 0.448. The van der Waals surface area contributed by atoms with Crippen LogP contribution in [0, 0.1) is 0 Å². The number of aliphatic imine (C=N–C) groups is 1. The fraction of sp³-hybridized carbons (Fsp3) is 0.692. The van der Waals surface area contributed by atoms with Crippen molar-refractivity contribution in [1.82, 2.24) is 4.90 Å². The Kier molecular flexibility index (Phi) is 4.14. The second-order valence-electron chi connectivity index (χ2n) is 4.77. The van der Waals surface area contributed by atoms with Gasteiger partial charge in [-0.05, 0) is 13.3 Å². The van der Waals surface area contributed by atoms with Crippen molar-refractivity contribution in [3.8, 4) is 0 Å². The lowest BCUT2D eigenvalue weighted by molar-refractivity contribution is -0.105. The van der Waals surface area contributed by atoms with Crippen LogP contribution >= 0.6 is 0 Å². The molecule has 0 aromatic heterocycles. The van der Waals surface area contributed by atoms with Crippen molar-refractivity contribution in [2.75, 3.05) is 33.4 Å². The Labute approximate surface area is 107 Å². The van der Waals surface area contributed by atoms with Crippen LogP contribution in [0.4, 0.5) is 0 Å². The van der Waals surface area contributed by atoms with E-state index in [1.54, 1.807) is 7.11 Å². The number of carbonyl (C=O) groups is 1. The monoisotopic (exact) mass is 252 g/mol. The van der Waals surface area contributed by atoms with Gasteiger partial charge in [0.05, 0.1) is 6.61 Å². The molecule has 0 aromatic rings. The lowest BCUT2D eigenvalue weighted by Gasteiger charge is -2.37. The van der Waals surface area contributed by atoms with E-state index in [1.165, 1.54) is 0 Å². The smallest absolute Gasteiger partial charge is 0.168 e. The Morgan fingerprint density at radius 3 is 3.06 bits per heavy atom. The van der Waals surface area contributed by atoms with Gasteiger partial charge < -0.3 is 14.4 Å². The Balaban J connectivity index is 2.26. The van der Waals surface area contributed by atoms with E-state index in [1.807, 2.05) is 13.0 Å². The Hall–Kier alpha value is -1.20. The van der Waals surface area contributed by atoms with Gasteiger partial charge in [-0.3, -0.25) is 4.79 Å². The molecular formula is C13H20N2O3. The van der Waals surface area contributed by atoms with Gasteiger partial charge in [-0.25, -0.2) is 4.99 Å². The largest absolute Gasteiger partial charge is 0.380 e. The van der Waals surface area contributed by atoms with Crippen molar-refractivity contribution in [2.24, 2.45) is 4.99 Å². The van der Waals surface area contributed by atoms with E-state index < -0.39 is 5.60 Å². The Morgan fingerprint density at radius 1 is 1.50 bits per heavy atom. The molecule has 0 spiro atoms. The number of aldehydes is 1. The van der Waals surface area contributed by atoms with E-state index in [-0.39, 0.29) is 0 Å². The number of nitrogens with zero attached hydrogens (tertiary/aromatic N) is 2. The molecule has 2 aliphatic heterocycles. The maximum absolute atomic E-state index is 10.9. The Morgan fingerprint density at radius 2 is 2.33 bits per heavy atom.